The first kappa shape index (κ1) is 19.4. The first-order valence-corrected chi connectivity index (χ1v) is 10.4. The van der Waals surface area contributed by atoms with Gasteiger partial charge >= 0.3 is 12.0 Å². The SMILES string of the molecule is COC(=O)C1=C(CN2CC=C(c3ccccc3)CC2)NC(=O)NC1c1cccs1. The Bertz CT molecular complexity index is 951. The minimum Gasteiger partial charge on any atom is -0.466 e. The number of carbonyl (C=O) groups excluding carboxylic acids is 2. The van der Waals surface area contributed by atoms with Crippen LogP contribution in [0.15, 0.2) is 65.2 Å². The van der Waals surface area contributed by atoms with Crippen LogP contribution in [-0.2, 0) is 9.53 Å². The molecule has 3 heterocycles. The Morgan fingerprint density at radius 1 is 1.24 bits per heavy atom. The van der Waals surface area contributed by atoms with Crippen LogP contribution in [0.3, 0.4) is 0 Å². The predicted octanol–water partition coefficient (Wildman–Crippen LogP) is 3.32. The summed E-state index contributed by atoms with van der Waals surface area (Å²) < 4.78 is 5.03. The van der Waals surface area contributed by atoms with Crippen molar-refractivity contribution in [2.45, 2.75) is 12.5 Å². The number of rotatable bonds is 5. The number of methoxy groups -OCH3 is 1. The second-order valence-electron chi connectivity index (χ2n) is 7.01. The molecular weight excluding hydrogens is 386 g/mol. The fourth-order valence-corrected chi connectivity index (χ4v) is 4.54. The fraction of sp³-hybridized carbons (Fsp3) is 0.273. The van der Waals surface area contributed by atoms with Gasteiger partial charge in [-0.1, -0.05) is 42.5 Å². The molecule has 6 nitrogen and oxygen atoms in total. The van der Waals surface area contributed by atoms with E-state index in [9.17, 15) is 9.59 Å². The Kier molecular flexibility index (Phi) is 5.78. The summed E-state index contributed by atoms with van der Waals surface area (Å²) in [7, 11) is 1.37. The molecule has 29 heavy (non-hydrogen) atoms. The summed E-state index contributed by atoms with van der Waals surface area (Å²) >= 11 is 1.50. The van der Waals surface area contributed by atoms with Crippen LogP contribution in [0.2, 0.25) is 0 Å². The van der Waals surface area contributed by atoms with Gasteiger partial charge in [0.05, 0.1) is 18.7 Å². The zero-order valence-electron chi connectivity index (χ0n) is 16.2. The molecule has 2 amide bonds. The summed E-state index contributed by atoms with van der Waals surface area (Å²) in [6.07, 6.45) is 3.14. The lowest BCUT2D eigenvalue weighted by Crippen LogP contribution is -2.48. The van der Waals surface area contributed by atoms with E-state index >= 15 is 0 Å². The molecule has 1 aromatic heterocycles. The number of nitrogens with zero attached hydrogens (tertiary/aromatic N) is 1. The quantitative estimate of drug-likeness (QED) is 0.744. The zero-order valence-corrected chi connectivity index (χ0v) is 17.0. The average Bonchev–Trinajstić information content (AvgIpc) is 3.29. The van der Waals surface area contributed by atoms with Crippen molar-refractivity contribution in [2.75, 3.05) is 26.7 Å². The van der Waals surface area contributed by atoms with Gasteiger partial charge in [0.2, 0.25) is 0 Å². The van der Waals surface area contributed by atoms with Crippen molar-refractivity contribution in [3.63, 3.8) is 0 Å². The molecule has 0 radical (unpaired) electrons. The Morgan fingerprint density at radius 3 is 2.72 bits per heavy atom. The first-order chi connectivity index (χ1) is 14.2. The standard InChI is InChI=1S/C22H23N3O3S/c1-28-21(26)19-17(23-22(27)24-20(19)18-8-5-13-29-18)14-25-11-9-16(10-12-25)15-6-3-2-4-7-15/h2-9,13,20H,10-12,14H2,1H3,(H2,23,24,27). The van der Waals surface area contributed by atoms with Gasteiger partial charge in [0, 0.05) is 30.2 Å². The molecule has 2 aliphatic rings. The molecule has 1 aromatic carbocycles. The zero-order chi connectivity index (χ0) is 20.2. The number of esters is 1. The molecule has 1 atom stereocenters. The lowest BCUT2D eigenvalue weighted by atomic mass is 9.98. The first-order valence-electron chi connectivity index (χ1n) is 9.55. The molecule has 0 aliphatic carbocycles. The highest BCUT2D eigenvalue weighted by Gasteiger charge is 2.34. The number of carbonyl (C=O) groups is 2. The number of amides is 2. The molecule has 0 saturated heterocycles. The van der Waals surface area contributed by atoms with Crippen LogP contribution in [-0.4, -0.2) is 43.6 Å². The highest BCUT2D eigenvalue weighted by molar-refractivity contribution is 7.10. The predicted molar refractivity (Wildman–Crippen MR) is 113 cm³/mol. The molecule has 2 N–H and O–H groups in total. The van der Waals surface area contributed by atoms with Crippen molar-refractivity contribution in [1.29, 1.82) is 0 Å². The summed E-state index contributed by atoms with van der Waals surface area (Å²) in [5, 5.41) is 7.62. The van der Waals surface area contributed by atoms with Gasteiger partial charge in [0.1, 0.15) is 0 Å². The maximum absolute atomic E-state index is 12.6. The second kappa shape index (κ2) is 8.63. The summed E-state index contributed by atoms with van der Waals surface area (Å²) in [6.45, 7) is 2.10. The lowest BCUT2D eigenvalue weighted by molar-refractivity contribution is -0.136. The number of urea groups is 1. The van der Waals surface area contributed by atoms with E-state index in [2.05, 4.69) is 33.7 Å². The Labute approximate surface area is 173 Å². The molecule has 1 unspecified atom stereocenters. The molecule has 2 aromatic rings. The normalized spacial score (nSPS) is 20.0. The molecule has 0 saturated carbocycles. The van der Waals surface area contributed by atoms with E-state index in [1.165, 1.54) is 29.6 Å². The Hall–Kier alpha value is -2.90. The van der Waals surface area contributed by atoms with Gasteiger partial charge in [-0.25, -0.2) is 9.59 Å². The van der Waals surface area contributed by atoms with Gasteiger partial charge in [-0.3, -0.25) is 4.90 Å². The highest BCUT2D eigenvalue weighted by Crippen LogP contribution is 2.31. The largest absolute Gasteiger partial charge is 0.466 e. The van der Waals surface area contributed by atoms with Gasteiger partial charge in [-0.2, -0.15) is 0 Å². The van der Waals surface area contributed by atoms with Gasteiger partial charge in [0.15, 0.2) is 0 Å². The lowest BCUT2D eigenvalue weighted by Gasteiger charge is -2.32. The van der Waals surface area contributed by atoms with Gasteiger partial charge in [-0.15, -0.1) is 11.3 Å². The molecule has 7 heteroatoms. The monoisotopic (exact) mass is 409 g/mol. The number of hydrogen-bond donors (Lipinski definition) is 2. The van der Waals surface area contributed by atoms with Crippen molar-refractivity contribution in [3.8, 4) is 0 Å². The summed E-state index contributed by atoms with van der Waals surface area (Å²) in [6, 6.07) is 13.4. The van der Waals surface area contributed by atoms with Crippen molar-refractivity contribution >= 4 is 28.9 Å². The summed E-state index contributed by atoms with van der Waals surface area (Å²) in [4.78, 5) is 28.0. The van der Waals surface area contributed by atoms with E-state index < -0.39 is 12.0 Å². The molecule has 2 aliphatic heterocycles. The molecular formula is C22H23N3O3S. The van der Waals surface area contributed by atoms with Crippen molar-refractivity contribution in [3.05, 3.63) is 75.6 Å². The van der Waals surface area contributed by atoms with E-state index in [0.717, 1.165) is 24.4 Å². The van der Waals surface area contributed by atoms with Crippen LogP contribution in [0.5, 0.6) is 0 Å². The van der Waals surface area contributed by atoms with Crippen LogP contribution in [0.4, 0.5) is 4.79 Å². The fourth-order valence-electron chi connectivity index (χ4n) is 3.76. The Balaban J connectivity index is 1.57. The van der Waals surface area contributed by atoms with Gasteiger partial charge in [0.25, 0.3) is 0 Å². The van der Waals surface area contributed by atoms with E-state index in [4.69, 9.17) is 4.74 Å². The van der Waals surface area contributed by atoms with Gasteiger partial charge < -0.3 is 15.4 Å². The number of nitrogens with one attached hydrogen (secondary N) is 2. The molecule has 4 rings (SSSR count). The van der Waals surface area contributed by atoms with Crippen LogP contribution in [0.25, 0.3) is 5.57 Å². The number of hydrogen-bond acceptors (Lipinski definition) is 5. The number of benzene rings is 1. The van der Waals surface area contributed by atoms with E-state index in [0.29, 0.717) is 17.8 Å². The number of ether oxygens (including phenoxy) is 1. The van der Waals surface area contributed by atoms with E-state index in [1.54, 1.807) is 0 Å². The molecule has 150 valence electrons. The third-order valence-corrected chi connectivity index (χ3v) is 6.14. The second-order valence-corrected chi connectivity index (χ2v) is 7.99. The van der Waals surface area contributed by atoms with Crippen LogP contribution >= 0.6 is 11.3 Å². The summed E-state index contributed by atoms with van der Waals surface area (Å²) in [5.41, 5.74) is 3.65. The summed E-state index contributed by atoms with van der Waals surface area (Å²) in [5.74, 6) is -0.427. The van der Waals surface area contributed by atoms with Crippen molar-refractivity contribution in [1.82, 2.24) is 15.5 Å². The third kappa shape index (κ3) is 4.26. The third-order valence-electron chi connectivity index (χ3n) is 5.21. The van der Waals surface area contributed by atoms with Crippen LogP contribution in [0.1, 0.15) is 22.9 Å². The molecule has 0 spiro atoms. The molecule has 0 fully saturated rings. The number of thiophene rings is 1. The van der Waals surface area contributed by atoms with E-state index in [1.807, 2.05) is 35.7 Å². The van der Waals surface area contributed by atoms with Gasteiger partial charge in [-0.05, 0) is 29.0 Å². The Morgan fingerprint density at radius 2 is 2.07 bits per heavy atom. The highest BCUT2D eigenvalue weighted by atomic mass is 32.1. The van der Waals surface area contributed by atoms with E-state index in [-0.39, 0.29) is 6.03 Å². The maximum Gasteiger partial charge on any atom is 0.338 e. The van der Waals surface area contributed by atoms with Crippen LogP contribution in [0, 0.1) is 0 Å². The molecule has 0 bridgehead atoms. The van der Waals surface area contributed by atoms with Crippen molar-refractivity contribution < 1.29 is 14.3 Å². The topological polar surface area (TPSA) is 70.7 Å². The maximum atomic E-state index is 12.6. The average molecular weight is 410 g/mol. The van der Waals surface area contributed by atoms with Crippen molar-refractivity contribution in [2.24, 2.45) is 0 Å². The minimum atomic E-state index is -0.494. The van der Waals surface area contributed by atoms with Crippen LogP contribution < -0.4 is 10.6 Å². The smallest absolute Gasteiger partial charge is 0.338 e. The minimum absolute atomic E-state index is 0.302.